The molecule has 0 spiro atoms. The van der Waals surface area contributed by atoms with Crippen molar-refractivity contribution in [3.8, 4) is 0 Å². The van der Waals surface area contributed by atoms with Crippen LogP contribution in [-0.2, 0) is 14.3 Å². The number of carbonyl (C=O) groups excluding carboxylic acids is 1. The van der Waals surface area contributed by atoms with Crippen LogP contribution in [-0.4, -0.2) is 36.2 Å². The van der Waals surface area contributed by atoms with Gasteiger partial charge in [0.15, 0.2) is 0 Å². The monoisotopic (exact) mass is 231 g/mol. The normalized spacial score (nSPS) is 13.2. The molecule has 5 heteroatoms. The lowest BCUT2D eigenvalue weighted by Crippen LogP contribution is -2.49. The minimum absolute atomic E-state index is 0.188. The van der Waals surface area contributed by atoms with Crippen LogP contribution in [0.3, 0.4) is 0 Å². The summed E-state index contributed by atoms with van der Waals surface area (Å²) in [6.45, 7) is 8.03. The van der Waals surface area contributed by atoms with Crippen molar-refractivity contribution >= 4 is 11.9 Å². The molecule has 0 rings (SSSR count). The van der Waals surface area contributed by atoms with Crippen LogP contribution in [0.25, 0.3) is 0 Å². The average Bonchev–Trinajstić information content (AvgIpc) is 2.12. The summed E-state index contributed by atoms with van der Waals surface area (Å²) in [7, 11) is 0. The van der Waals surface area contributed by atoms with Gasteiger partial charge >= 0.3 is 5.97 Å². The minimum atomic E-state index is -1.02. The van der Waals surface area contributed by atoms with Gasteiger partial charge in [0.2, 0.25) is 5.91 Å². The van der Waals surface area contributed by atoms with E-state index >= 15 is 0 Å². The standard InChI is InChI=1S/C11H21NO4/c1-5-16-7-6-8(13)12-9(10(14)15)11(2,3)4/h9H,5-7H2,1-4H3,(H,12,13)(H,14,15)/t9-/m1/s1. The maximum absolute atomic E-state index is 11.4. The third-order valence-corrected chi connectivity index (χ3v) is 2.10. The van der Waals surface area contributed by atoms with Crippen LogP contribution in [0, 0.1) is 5.41 Å². The Hall–Kier alpha value is -1.10. The highest BCUT2D eigenvalue weighted by Gasteiger charge is 2.32. The number of hydrogen-bond acceptors (Lipinski definition) is 3. The van der Waals surface area contributed by atoms with E-state index in [4.69, 9.17) is 9.84 Å². The van der Waals surface area contributed by atoms with Crippen LogP contribution in [0.4, 0.5) is 0 Å². The van der Waals surface area contributed by atoms with E-state index in [0.29, 0.717) is 13.2 Å². The van der Waals surface area contributed by atoms with Gasteiger partial charge in [-0.2, -0.15) is 0 Å². The SMILES string of the molecule is CCOCCC(=O)N[C@H](C(=O)O)C(C)(C)C. The maximum atomic E-state index is 11.4. The second kappa shape index (κ2) is 6.48. The van der Waals surface area contributed by atoms with E-state index < -0.39 is 17.4 Å². The van der Waals surface area contributed by atoms with Crippen molar-refractivity contribution in [2.24, 2.45) is 5.41 Å². The van der Waals surface area contributed by atoms with Gasteiger partial charge < -0.3 is 15.2 Å². The molecule has 0 radical (unpaired) electrons. The van der Waals surface area contributed by atoms with Crippen molar-refractivity contribution in [1.82, 2.24) is 5.32 Å². The van der Waals surface area contributed by atoms with Gasteiger partial charge in [-0.1, -0.05) is 20.8 Å². The molecule has 16 heavy (non-hydrogen) atoms. The molecule has 0 aliphatic heterocycles. The topological polar surface area (TPSA) is 75.6 Å². The molecule has 0 saturated heterocycles. The van der Waals surface area contributed by atoms with Crippen molar-refractivity contribution < 1.29 is 19.4 Å². The number of rotatable bonds is 6. The summed E-state index contributed by atoms with van der Waals surface area (Å²) in [6, 6.07) is -0.873. The third-order valence-electron chi connectivity index (χ3n) is 2.10. The first-order valence-corrected chi connectivity index (χ1v) is 5.39. The molecule has 0 aliphatic carbocycles. The number of aliphatic carboxylic acids is 1. The van der Waals surface area contributed by atoms with Crippen LogP contribution < -0.4 is 5.32 Å². The fourth-order valence-corrected chi connectivity index (χ4v) is 1.19. The van der Waals surface area contributed by atoms with Crippen molar-refractivity contribution in [3.63, 3.8) is 0 Å². The van der Waals surface area contributed by atoms with E-state index in [9.17, 15) is 9.59 Å². The summed E-state index contributed by atoms with van der Waals surface area (Å²) in [5, 5.41) is 11.5. The highest BCUT2D eigenvalue weighted by Crippen LogP contribution is 2.19. The number of nitrogens with one attached hydrogen (secondary N) is 1. The van der Waals surface area contributed by atoms with E-state index in [-0.39, 0.29) is 12.3 Å². The lowest BCUT2D eigenvalue weighted by molar-refractivity contribution is -0.145. The average molecular weight is 231 g/mol. The van der Waals surface area contributed by atoms with Gasteiger partial charge in [0.1, 0.15) is 6.04 Å². The first-order chi connectivity index (χ1) is 7.29. The molecule has 5 nitrogen and oxygen atoms in total. The fourth-order valence-electron chi connectivity index (χ4n) is 1.19. The van der Waals surface area contributed by atoms with E-state index in [0.717, 1.165) is 0 Å². The molecule has 0 fully saturated rings. The number of carbonyl (C=O) groups is 2. The molecule has 0 aromatic carbocycles. The Balaban J connectivity index is 4.21. The van der Waals surface area contributed by atoms with Gasteiger partial charge in [0.05, 0.1) is 6.61 Å². The minimum Gasteiger partial charge on any atom is -0.480 e. The summed E-state index contributed by atoms with van der Waals surface area (Å²) >= 11 is 0. The largest absolute Gasteiger partial charge is 0.480 e. The Morgan fingerprint density at radius 2 is 1.94 bits per heavy atom. The first kappa shape index (κ1) is 14.9. The molecule has 0 unspecified atom stereocenters. The second-order valence-electron chi connectivity index (χ2n) is 4.65. The predicted octanol–water partition coefficient (Wildman–Crippen LogP) is 1.03. The summed E-state index contributed by atoms with van der Waals surface area (Å²) in [6.07, 6.45) is 0.188. The Kier molecular flexibility index (Phi) is 6.03. The molecular weight excluding hydrogens is 210 g/mol. The molecule has 0 aromatic rings. The quantitative estimate of drug-likeness (QED) is 0.669. The lowest BCUT2D eigenvalue weighted by atomic mass is 9.86. The Bertz CT molecular complexity index is 245. The molecular formula is C11H21NO4. The van der Waals surface area contributed by atoms with E-state index in [2.05, 4.69) is 5.32 Å². The number of hydrogen-bond donors (Lipinski definition) is 2. The molecule has 0 bridgehead atoms. The van der Waals surface area contributed by atoms with E-state index in [1.165, 1.54) is 0 Å². The molecule has 1 atom stereocenters. The van der Waals surface area contributed by atoms with Crippen molar-refractivity contribution in [1.29, 1.82) is 0 Å². The zero-order valence-corrected chi connectivity index (χ0v) is 10.4. The third kappa shape index (κ3) is 5.70. The van der Waals surface area contributed by atoms with Crippen molar-refractivity contribution in [2.45, 2.75) is 40.2 Å². The first-order valence-electron chi connectivity index (χ1n) is 5.39. The number of ether oxygens (including phenoxy) is 1. The predicted molar refractivity (Wildman–Crippen MR) is 60.1 cm³/mol. The number of carboxylic acids is 1. The van der Waals surface area contributed by atoms with E-state index in [1.54, 1.807) is 20.8 Å². The highest BCUT2D eigenvalue weighted by molar-refractivity contribution is 5.84. The molecule has 2 N–H and O–H groups in total. The van der Waals surface area contributed by atoms with Crippen molar-refractivity contribution in [2.75, 3.05) is 13.2 Å². The summed E-state index contributed by atoms with van der Waals surface area (Å²) in [5.41, 5.74) is -0.507. The molecule has 1 amide bonds. The van der Waals surface area contributed by atoms with Gasteiger partial charge in [-0.3, -0.25) is 4.79 Å². The van der Waals surface area contributed by atoms with E-state index in [1.807, 2.05) is 6.92 Å². The Morgan fingerprint density at radius 3 is 2.31 bits per heavy atom. The molecule has 94 valence electrons. The van der Waals surface area contributed by atoms with Crippen LogP contribution in [0.2, 0.25) is 0 Å². The molecule has 0 saturated carbocycles. The van der Waals surface area contributed by atoms with Crippen LogP contribution in [0.5, 0.6) is 0 Å². The van der Waals surface area contributed by atoms with Crippen LogP contribution in [0.1, 0.15) is 34.1 Å². The summed E-state index contributed by atoms with van der Waals surface area (Å²) in [4.78, 5) is 22.4. The van der Waals surface area contributed by atoms with Gasteiger partial charge in [-0.25, -0.2) is 4.79 Å². The zero-order chi connectivity index (χ0) is 12.8. The molecule has 0 aliphatic rings. The smallest absolute Gasteiger partial charge is 0.326 e. The summed E-state index contributed by atoms with van der Waals surface area (Å²) < 4.78 is 5.02. The lowest BCUT2D eigenvalue weighted by Gasteiger charge is -2.27. The number of carboxylic acid groups (broad SMARTS) is 1. The summed E-state index contributed by atoms with van der Waals surface area (Å²) in [5.74, 6) is -1.31. The van der Waals surface area contributed by atoms with Crippen LogP contribution in [0.15, 0.2) is 0 Å². The maximum Gasteiger partial charge on any atom is 0.326 e. The van der Waals surface area contributed by atoms with Gasteiger partial charge in [-0.15, -0.1) is 0 Å². The Morgan fingerprint density at radius 1 is 1.38 bits per heavy atom. The van der Waals surface area contributed by atoms with Crippen molar-refractivity contribution in [3.05, 3.63) is 0 Å². The number of amides is 1. The fraction of sp³-hybridized carbons (Fsp3) is 0.818. The van der Waals surface area contributed by atoms with Gasteiger partial charge in [-0.05, 0) is 12.3 Å². The van der Waals surface area contributed by atoms with Gasteiger partial charge in [0.25, 0.3) is 0 Å². The zero-order valence-electron chi connectivity index (χ0n) is 10.4. The second-order valence-corrected chi connectivity index (χ2v) is 4.65. The molecule has 0 heterocycles. The molecule has 0 aromatic heterocycles. The van der Waals surface area contributed by atoms with Gasteiger partial charge in [0, 0.05) is 13.0 Å². The highest BCUT2D eigenvalue weighted by atomic mass is 16.5. The van der Waals surface area contributed by atoms with Crippen LogP contribution >= 0.6 is 0 Å². The Labute approximate surface area is 96.2 Å².